The highest BCUT2D eigenvalue weighted by Gasteiger charge is 2.18. The third-order valence-electron chi connectivity index (χ3n) is 3.82. The predicted octanol–water partition coefficient (Wildman–Crippen LogP) is 4.57. The van der Waals surface area contributed by atoms with Crippen LogP contribution in [0.4, 0.5) is 0 Å². The molecule has 0 bridgehead atoms. The molecule has 1 unspecified atom stereocenters. The molecule has 0 aliphatic rings. The van der Waals surface area contributed by atoms with Gasteiger partial charge in [-0.05, 0) is 37.1 Å². The molecule has 0 spiro atoms. The van der Waals surface area contributed by atoms with Gasteiger partial charge >= 0.3 is 0 Å². The number of halogens is 1. The Balaban J connectivity index is 2.15. The van der Waals surface area contributed by atoms with Crippen LogP contribution in [0.1, 0.15) is 40.0 Å². The Kier molecular flexibility index (Phi) is 5.03. The minimum Gasteiger partial charge on any atom is -0.335 e. The molecule has 0 N–H and O–H groups in total. The Morgan fingerprint density at radius 2 is 1.67 bits per heavy atom. The SMILES string of the molecule is Cc1ccc(C(C)N(C)C(=O)c2ccc(CCl)cc2)cc1. The maximum atomic E-state index is 12.5. The van der Waals surface area contributed by atoms with Crippen molar-refractivity contribution in [1.29, 1.82) is 0 Å². The Bertz CT molecular complexity index is 604. The van der Waals surface area contributed by atoms with Crippen LogP contribution in [-0.4, -0.2) is 17.9 Å². The molecule has 2 rings (SSSR count). The van der Waals surface area contributed by atoms with Crippen LogP contribution in [0.5, 0.6) is 0 Å². The number of carbonyl (C=O) groups excluding carboxylic acids is 1. The normalized spacial score (nSPS) is 12.0. The van der Waals surface area contributed by atoms with Gasteiger partial charge < -0.3 is 4.90 Å². The smallest absolute Gasteiger partial charge is 0.254 e. The Labute approximate surface area is 131 Å². The Morgan fingerprint density at radius 3 is 2.19 bits per heavy atom. The summed E-state index contributed by atoms with van der Waals surface area (Å²) < 4.78 is 0. The summed E-state index contributed by atoms with van der Waals surface area (Å²) in [5.41, 5.74) is 4.05. The maximum absolute atomic E-state index is 12.5. The van der Waals surface area contributed by atoms with Crippen LogP contribution in [-0.2, 0) is 5.88 Å². The molecule has 0 heterocycles. The molecule has 0 aromatic heterocycles. The number of rotatable bonds is 4. The first kappa shape index (κ1) is 15.6. The first-order valence-corrected chi connectivity index (χ1v) is 7.55. The molecule has 3 heteroatoms. The van der Waals surface area contributed by atoms with Crippen molar-refractivity contribution in [2.24, 2.45) is 0 Å². The molecule has 0 saturated heterocycles. The zero-order chi connectivity index (χ0) is 15.4. The van der Waals surface area contributed by atoms with E-state index in [4.69, 9.17) is 11.6 Å². The second-order valence-electron chi connectivity index (χ2n) is 5.33. The predicted molar refractivity (Wildman–Crippen MR) is 87.7 cm³/mol. The second-order valence-corrected chi connectivity index (χ2v) is 5.60. The highest BCUT2D eigenvalue weighted by molar-refractivity contribution is 6.17. The monoisotopic (exact) mass is 301 g/mol. The fourth-order valence-electron chi connectivity index (χ4n) is 2.18. The minimum absolute atomic E-state index is 0.0178. The van der Waals surface area contributed by atoms with Gasteiger partial charge in [-0.3, -0.25) is 4.79 Å². The molecule has 1 atom stereocenters. The molecular weight excluding hydrogens is 282 g/mol. The molecule has 0 aliphatic heterocycles. The number of amides is 1. The lowest BCUT2D eigenvalue weighted by atomic mass is 10.0. The number of benzene rings is 2. The van der Waals surface area contributed by atoms with Crippen molar-refractivity contribution in [2.75, 3.05) is 7.05 Å². The van der Waals surface area contributed by atoms with E-state index in [0.29, 0.717) is 11.4 Å². The average molecular weight is 302 g/mol. The summed E-state index contributed by atoms with van der Waals surface area (Å²) in [5, 5.41) is 0. The van der Waals surface area contributed by atoms with E-state index in [9.17, 15) is 4.79 Å². The van der Waals surface area contributed by atoms with E-state index in [1.807, 2.05) is 38.2 Å². The zero-order valence-electron chi connectivity index (χ0n) is 12.6. The van der Waals surface area contributed by atoms with Gasteiger partial charge in [0, 0.05) is 18.5 Å². The highest BCUT2D eigenvalue weighted by Crippen LogP contribution is 2.21. The van der Waals surface area contributed by atoms with Gasteiger partial charge in [0.15, 0.2) is 0 Å². The lowest BCUT2D eigenvalue weighted by Gasteiger charge is -2.25. The standard InChI is InChI=1S/C18H20ClNO/c1-13-4-8-16(9-5-13)14(2)20(3)18(21)17-10-6-15(12-19)7-11-17/h4-11,14H,12H2,1-3H3. The third kappa shape index (κ3) is 3.64. The summed E-state index contributed by atoms with van der Waals surface area (Å²) in [6.45, 7) is 4.09. The van der Waals surface area contributed by atoms with E-state index in [2.05, 4.69) is 31.2 Å². The highest BCUT2D eigenvalue weighted by atomic mass is 35.5. The van der Waals surface area contributed by atoms with Crippen LogP contribution in [0.25, 0.3) is 0 Å². The summed E-state index contributed by atoms with van der Waals surface area (Å²) in [7, 11) is 1.84. The van der Waals surface area contributed by atoms with Gasteiger partial charge in [-0.2, -0.15) is 0 Å². The number of hydrogen-bond acceptors (Lipinski definition) is 1. The van der Waals surface area contributed by atoms with E-state index in [0.717, 1.165) is 11.1 Å². The molecule has 0 saturated carbocycles. The van der Waals surface area contributed by atoms with Crippen LogP contribution in [0.3, 0.4) is 0 Å². The third-order valence-corrected chi connectivity index (χ3v) is 4.12. The molecule has 21 heavy (non-hydrogen) atoms. The molecule has 2 nitrogen and oxygen atoms in total. The van der Waals surface area contributed by atoms with Crippen LogP contribution in [0, 0.1) is 6.92 Å². The van der Waals surface area contributed by atoms with Crippen molar-refractivity contribution in [3.05, 3.63) is 70.8 Å². The maximum Gasteiger partial charge on any atom is 0.254 e. The van der Waals surface area contributed by atoms with E-state index < -0.39 is 0 Å². The van der Waals surface area contributed by atoms with Crippen molar-refractivity contribution < 1.29 is 4.79 Å². The number of nitrogens with zero attached hydrogens (tertiary/aromatic N) is 1. The average Bonchev–Trinajstić information content (AvgIpc) is 2.53. The van der Waals surface area contributed by atoms with Gasteiger partial charge in [-0.25, -0.2) is 0 Å². The summed E-state index contributed by atoms with van der Waals surface area (Å²) >= 11 is 5.77. The molecule has 0 aliphatic carbocycles. The summed E-state index contributed by atoms with van der Waals surface area (Å²) in [4.78, 5) is 14.3. The van der Waals surface area contributed by atoms with Gasteiger partial charge in [0.1, 0.15) is 0 Å². The minimum atomic E-state index is 0.0178. The summed E-state index contributed by atoms with van der Waals surface area (Å²) in [5.74, 6) is 0.480. The number of hydrogen-bond donors (Lipinski definition) is 0. The van der Waals surface area contributed by atoms with Gasteiger partial charge in [-0.1, -0.05) is 42.0 Å². The molecule has 110 valence electrons. The van der Waals surface area contributed by atoms with Gasteiger partial charge in [-0.15, -0.1) is 11.6 Å². The van der Waals surface area contributed by atoms with Crippen molar-refractivity contribution in [3.63, 3.8) is 0 Å². The van der Waals surface area contributed by atoms with Crippen molar-refractivity contribution in [3.8, 4) is 0 Å². The lowest BCUT2D eigenvalue weighted by molar-refractivity contribution is 0.0742. The molecule has 2 aromatic carbocycles. The Hall–Kier alpha value is -1.80. The summed E-state index contributed by atoms with van der Waals surface area (Å²) in [6, 6.07) is 15.8. The molecular formula is C18H20ClNO. The number of carbonyl (C=O) groups is 1. The van der Waals surface area contributed by atoms with Crippen LogP contribution >= 0.6 is 11.6 Å². The zero-order valence-corrected chi connectivity index (χ0v) is 13.4. The van der Waals surface area contributed by atoms with E-state index >= 15 is 0 Å². The Morgan fingerprint density at radius 1 is 1.10 bits per heavy atom. The molecule has 0 fully saturated rings. The fraction of sp³-hybridized carbons (Fsp3) is 0.278. The molecule has 2 aromatic rings. The van der Waals surface area contributed by atoms with Crippen molar-refractivity contribution in [2.45, 2.75) is 25.8 Å². The van der Waals surface area contributed by atoms with Gasteiger partial charge in [0.05, 0.1) is 6.04 Å². The van der Waals surface area contributed by atoms with Gasteiger partial charge in [0.25, 0.3) is 5.91 Å². The van der Waals surface area contributed by atoms with Crippen LogP contribution in [0.15, 0.2) is 48.5 Å². The van der Waals surface area contributed by atoms with Gasteiger partial charge in [0.2, 0.25) is 0 Å². The van der Waals surface area contributed by atoms with E-state index in [1.165, 1.54) is 5.56 Å². The fourth-order valence-corrected chi connectivity index (χ4v) is 2.36. The largest absolute Gasteiger partial charge is 0.335 e. The topological polar surface area (TPSA) is 20.3 Å². The van der Waals surface area contributed by atoms with E-state index in [1.54, 1.807) is 4.90 Å². The quantitative estimate of drug-likeness (QED) is 0.758. The number of alkyl halides is 1. The van der Waals surface area contributed by atoms with Crippen LogP contribution < -0.4 is 0 Å². The lowest BCUT2D eigenvalue weighted by Crippen LogP contribution is -2.29. The first-order valence-electron chi connectivity index (χ1n) is 7.01. The number of aryl methyl sites for hydroxylation is 1. The second kappa shape index (κ2) is 6.77. The van der Waals surface area contributed by atoms with Crippen molar-refractivity contribution >= 4 is 17.5 Å². The van der Waals surface area contributed by atoms with Crippen LogP contribution in [0.2, 0.25) is 0 Å². The molecule has 0 radical (unpaired) electrons. The van der Waals surface area contributed by atoms with E-state index in [-0.39, 0.29) is 11.9 Å². The first-order chi connectivity index (χ1) is 10.0. The van der Waals surface area contributed by atoms with Crippen molar-refractivity contribution in [1.82, 2.24) is 4.90 Å². The summed E-state index contributed by atoms with van der Waals surface area (Å²) in [6.07, 6.45) is 0. The molecule has 1 amide bonds.